The van der Waals surface area contributed by atoms with E-state index in [2.05, 4.69) is 14.9 Å². The van der Waals surface area contributed by atoms with Crippen LogP contribution in [0.4, 0.5) is 5.95 Å². The average molecular weight is 388 g/mol. The lowest BCUT2D eigenvalue weighted by molar-refractivity contribution is 0.122. The Balaban J connectivity index is 1.62. The molecule has 0 bridgehead atoms. The molecule has 27 heavy (non-hydrogen) atoms. The van der Waals surface area contributed by atoms with Crippen LogP contribution in [0, 0.1) is 13.8 Å². The molecule has 2 aliphatic heterocycles. The summed E-state index contributed by atoms with van der Waals surface area (Å²) in [6.07, 6.45) is 2.47. The van der Waals surface area contributed by atoms with Gasteiger partial charge in [0.25, 0.3) is 0 Å². The molecule has 0 saturated carbocycles. The molecule has 0 atom stereocenters. The molecule has 0 spiro atoms. The molecule has 1 fully saturated rings. The predicted molar refractivity (Wildman–Crippen MR) is 102 cm³/mol. The maximum atomic E-state index is 13.2. The number of aryl methyl sites for hydroxylation is 2. The van der Waals surface area contributed by atoms with E-state index in [0.29, 0.717) is 37.0 Å². The van der Waals surface area contributed by atoms with Crippen molar-refractivity contribution in [1.29, 1.82) is 0 Å². The van der Waals surface area contributed by atoms with Gasteiger partial charge >= 0.3 is 0 Å². The Morgan fingerprint density at radius 1 is 1.11 bits per heavy atom. The van der Waals surface area contributed by atoms with Crippen molar-refractivity contribution >= 4 is 16.0 Å². The summed E-state index contributed by atoms with van der Waals surface area (Å²) >= 11 is 0. The summed E-state index contributed by atoms with van der Waals surface area (Å²) in [5.41, 5.74) is 3.53. The van der Waals surface area contributed by atoms with Crippen molar-refractivity contribution < 1.29 is 13.2 Å². The van der Waals surface area contributed by atoms with Crippen molar-refractivity contribution in [3.63, 3.8) is 0 Å². The number of hydrogen-bond acceptors (Lipinski definition) is 6. The Kier molecular flexibility index (Phi) is 4.88. The highest BCUT2D eigenvalue weighted by atomic mass is 32.2. The minimum absolute atomic E-state index is 0.283. The first-order valence-electron chi connectivity index (χ1n) is 9.20. The van der Waals surface area contributed by atoms with Gasteiger partial charge in [-0.2, -0.15) is 4.31 Å². The van der Waals surface area contributed by atoms with Crippen LogP contribution >= 0.6 is 0 Å². The Bertz CT molecular complexity index is 955. The van der Waals surface area contributed by atoms with E-state index in [4.69, 9.17) is 4.74 Å². The third kappa shape index (κ3) is 3.56. The summed E-state index contributed by atoms with van der Waals surface area (Å²) < 4.78 is 33.3. The topological polar surface area (TPSA) is 75.6 Å². The zero-order valence-electron chi connectivity index (χ0n) is 15.7. The van der Waals surface area contributed by atoms with Crippen molar-refractivity contribution in [2.24, 2.45) is 0 Å². The summed E-state index contributed by atoms with van der Waals surface area (Å²) in [6.45, 7) is 7.30. The molecule has 0 amide bonds. The summed E-state index contributed by atoms with van der Waals surface area (Å²) in [5.74, 6) is 0.656. The number of hydrogen-bond donors (Lipinski definition) is 0. The third-order valence-electron chi connectivity index (χ3n) is 5.15. The molecule has 2 aromatic rings. The van der Waals surface area contributed by atoms with Gasteiger partial charge in [0.1, 0.15) is 0 Å². The molecule has 0 radical (unpaired) electrons. The Labute approximate surface area is 160 Å². The lowest BCUT2D eigenvalue weighted by Crippen LogP contribution is -2.39. The number of rotatable bonds is 3. The second kappa shape index (κ2) is 7.18. The highest BCUT2D eigenvalue weighted by Crippen LogP contribution is 2.27. The van der Waals surface area contributed by atoms with E-state index in [1.54, 1.807) is 6.07 Å². The summed E-state index contributed by atoms with van der Waals surface area (Å²) in [7, 11) is -3.56. The van der Waals surface area contributed by atoms with Crippen LogP contribution in [0.5, 0.6) is 0 Å². The van der Waals surface area contributed by atoms with Gasteiger partial charge in [0.2, 0.25) is 16.0 Å². The van der Waals surface area contributed by atoms with E-state index >= 15 is 0 Å². The highest BCUT2D eigenvalue weighted by molar-refractivity contribution is 7.89. The molecule has 144 valence electrons. The molecule has 4 rings (SSSR count). The quantitative estimate of drug-likeness (QED) is 0.796. The molecule has 1 saturated heterocycles. The number of ether oxygens (including phenoxy) is 1. The molecule has 3 heterocycles. The van der Waals surface area contributed by atoms with Gasteiger partial charge in [-0.05, 0) is 43.0 Å². The lowest BCUT2D eigenvalue weighted by Gasteiger charge is -2.30. The largest absolute Gasteiger partial charge is 0.378 e. The summed E-state index contributed by atoms with van der Waals surface area (Å²) in [6, 6.07) is 5.54. The fourth-order valence-electron chi connectivity index (χ4n) is 3.51. The van der Waals surface area contributed by atoms with Crippen LogP contribution in [-0.2, 0) is 27.7 Å². The molecule has 1 aromatic heterocycles. The van der Waals surface area contributed by atoms with Crippen LogP contribution < -0.4 is 4.90 Å². The van der Waals surface area contributed by atoms with E-state index < -0.39 is 10.0 Å². The first-order chi connectivity index (χ1) is 12.9. The zero-order chi connectivity index (χ0) is 19.0. The summed E-state index contributed by atoms with van der Waals surface area (Å²) in [4.78, 5) is 11.6. The van der Waals surface area contributed by atoms with Crippen molar-refractivity contribution in [3.8, 4) is 0 Å². The monoisotopic (exact) mass is 388 g/mol. The van der Waals surface area contributed by atoms with E-state index in [9.17, 15) is 8.42 Å². The van der Waals surface area contributed by atoms with Crippen molar-refractivity contribution in [2.45, 2.75) is 31.7 Å². The normalized spacial score (nSPS) is 18.4. The van der Waals surface area contributed by atoms with E-state index in [1.165, 1.54) is 4.31 Å². The number of nitrogens with zero attached hydrogens (tertiary/aromatic N) is 4. The number of morpholine rings is 1. The van der Waals surface area contributed by atoms with Crippen LogP contribution in [0.3, 0.4) is 0 Å². The van der Waals surface area contributed by atoms with Crippen LogP contribution in [0.1, 0.15) is 22.4 Å². The van der Waals surface area contributed by atoms with Crippen LogP contribution in [0.2, 0.25) is 0 Å². The van der Waals surface area contributed by atoms with Gasteiger partial charge < -0.3 is 9.64 Å². The van der Waals surface area contributed by atoms with Crippen LogP contribution in [0.15, 0.2) is 29.3 Å². The van der Waals surface area contributed by atoms with E-state index in [1.807, 2.05) is 32.2 Å². The first-order valence-corrected chi connectivity index (χ1v) is 10.6. The van der Waals surface area contributed by atoms with Gasteiger partial charge in [-0.3, -0.25) is 0 Å². The number of fused-ring (bicyclic) bond motifs is 1. The number of benzene rings is 1. The Morgan fingerprint density at radius 3 is 2.67 bits per heavy atom. The molecule has 1 aromatic carbocycles. The Hall–Kier alpha value is -2.03. The van der Waals surface area contributed by atoms with Crippen molar-refractivity contribution in [2.75, 3.05) is 37.7 Å². The predicted octanol–water partition coefficient (Wildman–Crippen LogP) is 1.68. The van der Waals surface area contributed by atoms with Gasteiger partial charge in [-0.15, -0.1) is 0 Å². The smallest absolute Gasteiger partial charge is 0.243 e. The number of anilines is 1. The number of sulfonamides is 1. The average Bonchev–Trinajstić information content (AvgIpc) is 2.69. The molecule has 7 nitrogen and oxygen atoms in total. The van der Waals surface area contributed by atoms with E-state index in [0.717, 1.165) is 35.5 Å². The van der Waals surface area contributed by atoms with Gasteiger partial charge in [-0.1, -0.05) is 12.1 Å². The number of aromatic nitrogens is 2. The maximum Gasteiger partial charge on any atom is 0.243 e. The minimum Gasteiger partial charge on any atom is -0.378 e. The fourth-order valence-corrected chi connectivity index (χ4v) is 5.23. The zero-order valence-corrected chi connectivity index (χ0v) is 16.5. The third-order valence-corrected chi connectivity index (χ3v) is 7.14. The minimum atomic E-state index is -3.56. The van der Waals surface area contributed by atoms with Gasteiger partial charge in [0.05, 0.1) is 30.3 Å². The maximum absolute atomic E-state index is 13.2. The fraction of sp³-hybridized carbons (Fsp3) is 0.474. The highest BCUT2D eigenvalue weighted by Gasteiger charge is 2.31. The standard InChI is InChI=1S/C19H24N4O3S/c1-14-3-4-15(2)18(11-14)27(24,25)23-6-5-16-12-20-19(21-17(16)13-23)22-7-9-26-10-8-22/h3-4,11-12H,5-10,13H2,1-2H3. The van der Waals surface area contributed by atoms with Gasteiger partial charge in [-0.25, -0.2) is 18.4 Å². The molecule has 0 aliphatic carbocycles. The SMILES string of the molecule is Cc1ccc(C)c(S(=O)(=O)N2CCc3cnc(N4CCOCC4)nc3C2)c1. The van der Waals surface area contributed by atoms with Gasteiger partial charge in [0, 0.05) is 25.8 Å². The molecular weight excluding hydrogens is 364 g/mol. The molecule has 8 heteroatoms. The molecule has 2 aliphatic rings. The summed E-state index contributed by atoms with van der Waals surface area (Å²) in [5, 5.41) is 0. The van der Waals surface area contributed by atoms with Crippen LogP contribution in [0.25, 0.3) is 0 Å². The van der Waals surface area contributed by atoms with Gasteiger partial charge in [0.15, 0.2) is 0 Å². The lowest BCUT2D eigenvalue weighted by atomic mass is 10.1. The van der Waals surface area contributed by atoms with Crippen molar-refractivity contribution in [1.82, 2.24) is 14.3 Å². The first kappa shape index (κ1) is 18.3. The van der Waals surface area contributed by atoms with Crippen LogP contribution in [-0.4, -0.2) is 55.5 Å². The second-order valence-corrected chi connectivity index (χ2v) is 9.01. The van der Waals surface area contributed by atoms with E-state index in [-0.39, 0.29) is 6.54 Å². The Morgan fingerprint density at radius 2 is 1.89 bits per heavy atom. The molecule has 0 N–H and O–H groups in total. The second-order valence-electron chi connectivity index (χ2n) is 7.10. The van der Waals surface area contributed by atoms with Crippen molar-refractivity contribution in [3.05, 3.63) is 46.8 Å². The molecular formula is C19H24N4O3S. The molecule has 0 unspecified atom stereocenters.